The maximum Gasteiger partial charge on any atom is 0.137 e. The number of pyridine rings is 2. The van der Waals surface area contributed by atoms with Crippen LogP contribution >= 0.6 is 0 Å². The van der Waals surface area contributed by atoms with Crippen LogP contribution in [-0.4, -0.2) is 19.5 Å². The predicted molar refractivity (Wildman–Crippen MR) is 64.3 cm³/mol. The lowest BCUT2D eigenvalue weighted by Gasteiger charge is -1.95. The number of hydrogen-bond donors (Lipinski definition) is 1. The maximum atomic E-state index is 9.07. The van der Waals surface area contributed by atoms with Crippen molar-refractivity contribution in [2.75, 3.05) is 0 Å². The zero-order chi connectivity index (χ0) is 11.7. The number of imidazole rings is 1. The first-order valence-electron chi connectivity index (χ1n) is 5.36. The molecule has 3 aromatic heterocycles. The highest BCUT2D eigenvalue weighted by molar-refractivity contribution is 5.61. The van der Waals surface area contributed by atoms with E-state index in [1.807, 2.05) is 41.1 Å². The molecule has 0 aliphatic rings. The van der Waals surface area contributed by atoms with E-state index in [1.165, 1.54) is 0 Å². The van der Waals surface area contributed by atoms with Gasteiger partial charge in [-0.25, -0.2) is 4.98 Å². The predicted octanol–water partition coefficient (Wildman–Crippen LogP) is 1.89. The summed E-state index contributed by atoms with van der Waals surface area (Å²) in [5.41, 5.74) is 3.56. The molecule has 84 valence electrons. The van der Waals surface area contributed by atoms with E-state index in [0.29, 0.717) is 0 Å². The van der Waals surface area contributed by atoms with E-state index in [-0.39, 0.29) is 6.61 Å². The molecule has 0 atom stereocenters. The van der Waals surface area contributed by atoms with E-state index < -0.39 is 0 Å². The Morgan fingerprint density at radius 2 is 2.24 bits per heavy atom. The van der Waals surface area contributed by atoms with Crippen LogP contribution in [0.1, 0.15) is 5.56 Å². The molecular formula is C13H11N3O. The molecule has 0 spiro atoms. The SMILES string of the molecule is OCc1ccn2cc(-c3cccnc3)nc2c1. The quantitative estimate of drug-likeness (QED) is 0.724. The average Bonchev–Trinajstić information content (AvgIpc) is 2.82. The lowest BCUT2D eigenvalue weighted by Crippen LogP contribution is -1.87. The summed E-state index contributed by atoms with van der Waals surface area (Å²) in [5, 5.41) is 9.07. The van der Waals surface area contributed by atoms with Gasteiger partial charge in [0, 0.05) is 30.4 Å². The molecule has 4 heteroatoms. The Bertz CT molecular complexity index is 646. The topological polar surface area (TPSA) is 50.4 Å². The molecule has 0 saturated heterocycles. The number of rotatable bonds is 2. The van der Waals surface area contributed by atoms with Gasteiger partial charge in [0.15, 0.2) is 0 Å². The summed E-state index contributed by atoms with van der Waals surface area (Å²) in [7, 11) is 0. The number of aliphatic hydroxyl groups excluding tert-OH is 1. The lowest BCUT2D eigenvalue weighted by molar-refractivity contribution is 0.282. The summed E-state index contributed by atoms with van der Waals surface area (Å²) in [6, 6.07) is 7.61. The fourth-order valence-electron chi connectivity index (χ4n) is 1.78. The van der Waals surface area contributed by atoms with Gasteiger partial charge < -0.3 is 9.51 Å². The molecule has 0 bridgehead atoms. The van der Waals surface area contributed by atoms with Gasteiger partial charge >= 0.3 is 0 Å². The van der Waals surface area contributed by atoms with Crippen LogP contribution in [0, 0.1) is 0 Å². The van der Waals surface area contributed by atoms with Gasteiger partial charge in [0.1, 0.15) is 5.65 Å². The minimum atomic E-state index is 0.0333. The molecule has 3 aromatic rings. The Balaban J connectivity index is 2.14. The molecule has 0 aromatic carbocycles. The molecule has 0 aliphatic carbocycles. The summed E-state index contributed by atoms with van der Waals surface area (Å²) in [4.78, 5) is 8.58. The highest BCUT2D eigenvalue weighted by Crippen LogP contribution is 2.18. The minimum absolute atomic E-state index is 0.0333. The molecule has 0 fully saturated rings. The van der Waals surface area contributed by atoms with Crippen molar-refractivity contribution in [2.45, 2.75) is 6.61 Å². The van der Waals surface area contributed by atoms with Crippen LogP contribution in [0.25, 0.3) is 16.9 Å². The summed E-state index contributed by atoms with van der Waals surface area (Å²) < 4.78 is 1.93. The second-order valence-electron chi connectivity index (χ2n) is 3.83. The highest BCUT2D eigenvalue weighted by atomic mass is 16.3. The first kappa shape index (κ1) is 9.99. The van der Waals surface area contributed by atoms with Crippen LogP contribution < -0.4 is 0 Å². The molecule has 0 amide bonds. The Kier molecular flexibility index (Phi) is 2.34. The van der Waals surface area contributed by atoms with Crippen molar-refractivity contribution in [1.29, 1.82) is 0 Å². The molecule has 0 unspecified atom stereocenters. The lowest BCUT2D eigenvalue weighted by atomic mass is 10.2. The normalized spacial score (nSPS) is 10.9. The monoisotopic (exact) mass is 225 g/mol. The Hall–Kier alpha value is -2.20. The van der Waals surface area contributed by atoms with Gasteiger partial charge in [0.25, 0.3) is 0 Å². The Morgan fingerprint density at radius 3 is 3.00 bits per heavy atom. The first-order chi connectivity index (χ1) is 8.36. The molecule has 0 saturated carbocycles. The van der Waals surface area contributed by atoms with Crippen molar-refractivity contribution in [3.63, 3.8) is 0 Å². The molecule has 0 radical (unpaired) electrons. The van der Waals surface area contributed by atoms with Crippen LogP contribution in [-0.2, 0) is 6.61 Å². The molecular weight excluding hydrogens is 214 g/mol. The van der Waals surface area contributed by atoms with E-state index in [4.69, 9.17) is 5.11 Å². The van der Waals surface area contributed by atoms with Gasteiger partial charge in [0.05, 0.1) is 12.3 Å². The second kappa shape index (κ2) is 3.99. The van der Waals surface area contributed by atoms with Crippen molar-refractivity contribution in [3.05, 3.63) is 54.6 Å². The van der Waals surface area contributed by atoms with Gasteiger partial charge in [-0.2, -0.15) is 0 Å². The van der Waals surface area contributed by atoms with Crippen molar-refractivity contribution < 1.29 is 5.11 Å². The van der Waals surface area contributed by atoms with Crippen LogP contribution in [0.3, 0.4) is 0 Å². The Labute approximate surface area is 98.2 Å². The van der Waals surface area contributed by atoms with E-state index in [0.717, 1.165) is 22.5 Å². The molecule has 3 rings (SSSR count). The smallest absolute Gasteiger partial charge is 0.137 e. The standard InChI is InChI=1S/C13H11N3O/c17-9-10-3-5-16-8-12(15-13(16)6-10)11-2-1-4-14-7-11/h1-8,17H,9H2. The number of aliphatic hydroxyl groups is 1. The molecule has 4 nitrogen and oxygen atoms in total. The van der Waals surface area contributed by atoms with Crippen LogP contribution in [0.15, 0.2) is 49.1 Å². The highest BCUT2D eigenvalue weighted by Gasteiger charge is 2.04. The maximum absolute atomic E-state index is 9.07. The van der Waals surface area contributed by atoms with Crippen molar-refractivity contribution >= 4 is 5.65 Å². The summed E-state index contributed by atoms with van der Waals surface area (Å²) in [6.07, 6.45) is 7.37. The molecule has 17 heavy (non-hydrogen) atoms. The van der Waals surface area contributed by atoms with E-state index in [1.54, 1.807) is 12.4 Å². The molecule has 0 aliphatic heterocycles. The molecule has 3 heterocycles. The third kappa shape index (κ3) is 1.79. The average molecular weight is 225 g/mol. The van der Waals surface area contributed by atoms with Gasteiger partial charge in [-0.3, -0.25) is 4.98 Å². The van der Waals surface area contributed by atoms with E-state index in [9.17, 15) is 0 Å². The van der Waals surface area contributed by atoms with Crippen LogP contribution in [0.4, 0.5) is 0 Å². The van der Waals surface area contributed by atoms with E-state index in [2.05, 4.69) is 9.97 Å². The summed E-state index contributed by atoms with van der Waals surface area (Å²) in [5.74, 6) is 0. The fraction of sp³-hybridized carbons (Fsp3) is 0.0769. The Morgan fingerprint density at radius 1 is 1.29 bits per heavy atom. The van der Waals surface area contributed by atoms with Crippen molar-refractivity contribution in [2.24, 2.45) is 0 Å². The largest absolute Gasteiger partial charge is 0.392 e. The molecule has 1 N–H and O–H groups in total. The van der Waals surface area contributed by atoms with Crippen molar-refractivity contribution in [3.8, 4) is 11.3 Å². The number of aromatic nitrogens is 3. The fourth-order valence-corrected chi connectivity index (χ4v) is 1.78. The van der Waals surface area contributed by atoms with Crippen molar-refractivity contribution in [1.82, 2.24) is 14.4 Å². The number of fused-ring (bicyclic) bond motifs is 1. The third-order valence-corrected chi connectivity index (χ3v) is 2.66. The summed E-state index contributed by atoms with van der Waals surface area (Å²) >= 11 is 0. The van der Waals surface area contributed by atoms with Crippen LogP contribution in [0.2, 0.25) is 0 Å². The third-order valence-electron chi connectivity index (χ3n) is 2.66. The minimum Gasteiger partial charge on any atom is -0.392 e. The zero-order valence-corrected chi connectivity index (χ0v) is 9.11. The number of hydrogen-bond acceptors (Lipinski definition) is 3. The first-order valence-corrected chi connectivity index (χ1v) is 5.36. The van der Waals surface area contributed by atoms with Crippen LogP contribution in [0.5, 0.6) is 0 Å². The summed E-state index contributed by atoms with van der Waals surface area (Å²) in [6.45, 7) is 0.0333. The van der Waals surface area contributed by atoms with Gasteiger partial charge in [-0.1, -0.05) is 0 Å². The van der Waals surface area contributed by atoms with E-state index >= 15 is 0 Å². The second-order valence-corrected chi connectivity index (χ2v) is 3.83. The zero-order valence-electron chi connectivity index (χ0n) is 9.11. The van der Waals surface area contributed by atoms with Gasteiger partial charge in [-0.15, -0.1) is 0 Å². The van der Waals surface area contributed by atoms with Gasteiger partial charge in [0.2, 0.25) is 0 Å². The van der Waals surface area contributed by atoms with Gasteiger partial charge in [-0.05, 0) is 29.8 Å². The number of nitrogens with zero attached hydrogens (tertiary/aromatic N) is 3.